The Morgan fingerprint density at radius 3 is 2.22 bits per heavy atom. The summed E-state index contributed by atoms with van der Waals surface area (Å²) >= 11 is 12.2. The second-order valence-corrected chi connectivity index (χ2v) is 5.17. The van der Waals surface area contributed by atoms with Crippen LogP contribution in [0.4, 0.5) is 5.69 Å². The van der Waals surface area contributed by atoms with Crippen molar-refractivity contribution in [3.05, 3.63) is 64.2 Å². The van der Waals surface area contributed by atoms with E-state index in [0.717, 1.165) is 29.4 Å². The van der Waals surface area contributed by atoms with Crippen molar-refractivity contribution in [1.29, 1.82) is 0 Å². The molecule has 1 aliphatic heterocycles. The fourth-order valence-corrected chi connectivity index (χ4v) is 3.06. The lowest BCUT2D eigenvalue weighted by Gasteiger charge is -2.21. The number of nitrogens with zero attached hydrogens (tertiary/aromatic N) is 1. The Hall–Kier alpha value is -1.18. The molecule has 0 bridgehead atoms. The molecule has 0 unspecified atom stereocenters. The van der Waals surface area contributed by atoms with E-state index in [4.69, 9.17) is 23.2 Å². The van der Waals surface area contributed by atoms with E-state index >= 15 is 0 Å². The fourth-order valence-electron chi connectivity index (χ4n) is 2.48. The first-order valence-corrected chi connectivity index (χ1v) is 6.86. The molecular weight excluding hydrogens is 265 g/mol. The zero-order valence-electron chi connectivity index (χ0n) is 9.87. The number of hydrogen-bond acceptors (Lipinski definition) is 1. The average molecular weight is 278 g/mol. The molecule has 18 heavy (non-hydrogen) atoms. The van der Waals surface area contributed by atoms with Crippen LogP contribution in [0.5, 0.6) is 0 Å². The van der Waals surface area contributed by atoms with Crippen molar-refractivity contribution in [3.63, 3.8) is 0 Å². The minimum atomic E-state index is 0.446. The van der Waals surface area contributed by atoms with Gasteiger partial charge in [-0.25, -0.2) is 0 Å². The molecule has 0 saturated heterocycles. The number of hydrogen-bond donors (Lipinski definition) is 0. The first-order chi connectivity index (χ1) is 8.79. The summed E-state index contributed by atoms with van der Waals surface area (Å²) in [6.07, 6.45) is 0. The highest BCUT2D eigenvalue weighted by molar-refractivity contribution is 6.32. The van der Waals surface area contributed by atoms with Crippen LogP contribution in [0.1, 0.15) is 16.7 Å². The van der Waals surface area contributed by atoms with Crippen LogP contribution >= 0.6 is 23.2 Å². The maximum atomic E-state index is 6.21. The van der Waals surface area contributed by atoms with Gasteiger partial charge >= 0.3 is 0 Å². The molecule has 1 nitrogen and oxygen atoms in total. The predicted molar refractivity (Wildman–Crippen MR) is 77.3 cm³/mol. The first-order valence-electron chi connectivity index (χ1n) is 5.94. The van der Waals surface area contributed by atoms with Gasteiger partial charge < -0.3 is 4.90 Å². The predicted octanol–water partition coefficient (Wildman–Crippen LogP) is 4.60. The standard InChI is InChI=1S/C15H13Cl2N/c16-8-13-14(17)6-3-7-15(13)18-9-11-4-1-2-5-12(11)10-18/h1-7H,8-10H2. The van der Waals surface area contributed by atoms with Gasteiger partial charge in [-0.2, -0.15) is 0 Å². The van der Waals surface area contributed by atoms with E-state index < -0.39 is 0 Å². The van der Waals surface area contributed by atoms with Crippen molar-refractivity contribution >= 4 is 28.9 Å². The Kier molecular flexibility index (Phi) is 3.19. The third-order valence-corrected chi connectivity index (χ3v) is 4.03. The molecule has 0 aromatic heterocycles. The smallest absolute Gasteiger partial charge is 0.0509 e. The van der Waals surface area contributed by atoms with Gasteiger partial charge in [0.15, 0.2) is 0 Å². The van der Waals surface area contributed by atoms with E-state index in [-0.39, 0.29) is 0 Å². The Morgan fingerprint density at radius 2 is 1.61 bits per heavy atom. The van der Waals surface area contributed by atoms with Crippen LogP contribution in [-0.4, -0.2) is 0 Å². The van der Waals surface area contributed by atoms with Crippen molar-refractivity contribution < 1.29 is 0 Å². The molecule has 0 atom stereocenters. The van der Waals surface area contributed by atoms with E-state index in [0.29, 0.717) is 5.88 Å². The Bertz CT molecular complexity index is 555. The lowest BCUT2D eigenvalue weighted by Crippen LogP contribution is -2.16. The molecular formula is C15H13Cl2N. The van der Waals surface area contributed by atoms with Gasteiger partial charge in [-0.05, 0) is 23.3 Å². The van der Waals surface area contributed by atoms with Crippen LogP contribution < -0.4 is 4.90 Å². The first kappa shape index (κ1) is 11.9. The lowest BCUT2D eigenvalue weighted by atomic mass is 10.1. The molecule has 1 aliphatic rings. The molecule has 3 heteroatoms. The quantitative estimate of drug-likeness (QED) is 0.726. The Labute approximate surface area is 117 Å². The van der Waals surface area contributed by atoms with Crippen LogP contribution in [0, 0.1) is 0 Å². The summed E-state index contributed by atoms with van der Waals surface area (Å²) < 4.78 is 0. The van der Waals surface area contributed by atoms with E-state index in [2.05, 4.69) is 35.2 Å². The molecule has 0 radical (unpaired) electrons. The molecule has 0 spiro atoms. The third-order valence-electron chi connectivity index (χ3n) is 3.41. The maximum absolute atomic E-state index is 6.21. The number of anilines is 1. The van der Waals surface area contributed by atoms with Crippen molar-refractivity contribution in [1.82, 2.24) is 0 Å². The zero-order valence-corrected chi connectivity index (χ0v) is 11.4. The minimum absolute atomic E-state index is 0.446. The lowest BCUT2D eigenvalue weighted by molar-refractivity contribution is 0.874. The SMILES string of the molecule is ClCc1c(Cl)cccc1N1Cc2ccccc2C1. The second kappa shape index (κ2) is 4.83. The maximum Gasteiger partial charge on any atom is 0.0509 e. The number of fused-ring (bicyclic) bond motifs is 1. The molecule has 92 valence electrons. The number of rotatable bonds is 2. The largest absolute Gasteiger partial charge is 0.363 e. The van der Waals surface area contributed by atoms with Gasteiger partial charge in [-0.1, -0.05) is 41.9 Å². The van der Waals surface area contributed by atoms with E-state index in [9.17, 15) is 0 Å². The second-order valence-electron chi connectivity index (χ2n) is 4.50. The normalized spacial score (nSPS) is 13.8. The molecule has 0 aliphatic carbocycles. The van der Waals surface area contributed by atoms with Gasteiger partial charge in [0.25, 0.3) is 0 Å². The summed E-state index contributed by atoms with van der Waals surface area (Å²) in [7, 11) is 0. The van der Waals surface area contributed by atoms with Gasteiger partial charge in [0.05, 0.1) is 5.88 Å². The van der Waals surface area contributed by atoms with E-state index in [1.54, 1.807) is 0 Å². The summed E-state index contributed by atoms with van der Waals surface area (Å²) in [6.45, 7) is 1.86. The molecule has 1 heterocycles. The van der Waals surface area contributed by atoms with Gasteiger partial charge in [0.1, 0.15) is 0 Å². The van der Waals surface area contributed by atoms with Crippen LogP contribution in [0.2, 0.25) is 5.02 Å². The summed E-state index contributed by atoms with van der Waals surface area (Å²) in [6, 6.07) is 14.5. The van der Waals surface area contributed by atoms with Gasteiger partial charge in [-0.15, -0.1) is 11.6 Å². The highest BCUT2D eigenvalue weighted by atomic mass is 35.5. The van der Waals surface area contributed by atoms with Crippen molar-refractivity contribution in [2.45, 2.75) is 19.0 Å². The van der Waals surface area contributed by atoms with Crippen molar-refractivity contribution in [3.8, 4) is 0 Å². The Balaban J connectivity index is 1.97. The average Bonchev–Trinajstić information content (AvgIpc) is 2.82. The van der Waals surface area contributed by atoms with Crippen molar-refractivity contribution in [2.24, 2.45) is 0 Å². The monoisotopic (exact) mass is 277 g/mol. The summed E-state index contributed by atoms with van der Waals surface area (Å²) in [5.74, 6) is 0.446. The Morgan fingerprint density at radius 1 is 0.944 bits per heavy atom. The van der Waals surface area contributed by atoms with Crippen LogP contribution in [0.25, 0.3) is 0 Å². The molecule has 0 N–H and O–H groups in total. The van der Waals surface area contributed by atoms with Crippen LogP contribution in [-0.2, 0) is 19.0 Å². The fraction of sp³-hybridized carbons (Fsp3) is 0.200. The van der Waals surface area contributed by atoms with Gasteiger partial charge in [0.2, 0.25) is 0 Å². The molecule has 0 amide bonds. The van der Waals surface area contributed by atoms with Gasteiger partial charge in [-0.3, -0.25) is 0 Å². The molecule has 0 saturated carbocycles. The topological polar surface area (TPSA) is 3.24 Å². The van der Waals surface area contributed by atoms with Gasteiger partial charge in [0, 0.05) is 29.4 Å². The highest BCUT2D eigenvalue weighted by Gasteiger charge is 2.21. The van der Waals surface area contributed by atoms with E-state index in [1.807, 2.05) is 12.1 Å². The van der Waals surface area contributed by atoms with E-state index in [1.165, 1.54) is 11.1 Å². The summed E-state index contributed by atoms with van der Waals surface area (Å²) in [5.41, 5.74) is 4.94. The summed E-state index contributed by atoms with van der Waals surface area (Å²) in [4.78, 5) is 2.33. The molecule has 2 aromatic carbocycles. The van der Waals surface area contributed by atoms with Crippen LogP contribution in [0.15, 0.2) is 42.5 Å². The minimum Gasteiger partial charge on any atom is -0.363 e. The molecule has 2 aromatic rings. The highest BCUT2D eigenvalue weighted by Crippen LogP contribution is 2.34. The zero-order chi connectivity index (χ0) is 12.5. The van der Waals surface area contributed by atoms with Crippen molar-refractivity contribution in [2.75, 3.05) is 4.90 Å². The van der Waals surface area contributed by atoms with Crippen LogP contribution in [0.3, 0.4) is 0 Å². The molecule has 3 rings (SSSR count). The number of alkyl halides is 1. The third kappa shape index (κ3) is 1.98. The number of halogens is 2. The number of benzene rings is 2. The summed E-state index contributed by atoms with van der Waals surface area (Å²) in [5, 5.41) is 0.749. The molecule has 0 fully saturated rings.